The molecule has 0 spiro atoms. The van der Waals surface area contributed by atoms with Crippen LogP contribution in [0.15, 0.2) is 41.4 Å². The molecule has 0 fully saturated rings. The second kappa shape index (κ2) is 6.12. The Hall–Kier alpha value is -1.94. The van der Waals surface area contributed by atoms with E-state index in [9.17, 15) is 0 Å². The highest BCUT2D eigenvalue weighted by Crippen LogP contribution is 2.09. The molecule has 2 aromatic rings. The predicted molar refractivity (Wildman–Crippen MR) is 71.1 cm³/mol. The molecule has 18 heavy (non-hydrogen) atoms. The topological polar surface area (TPSA) is 51.0 Å². The highest BCUT2D eigenvalue weighted by molar-refractivity contribution is 5.64. The van der Waals surface area contributed by atoms with Crippen LogP contribution in [0.5, 0.6) is 0 Å². The first-order chi connectivity index (χ1) is 8.75. The molecule has 0 bridgehead atoms. The lowest BCUT2D eigenvalue weighted by atomic mass is 10.1. The van der Waals surface area contributed by atoms with Crippen LogP contribution in [-0.2, 0) is 6.42 Å². The van der Waals surface area contributed by atoms with Crippen molar-refractivity contribution in [2.24, 2.45) is 0 Å². The number of nitrogens with one attached hydrogen (secondary N) is 1. The zero-order valence-electron chi connectivity index (χ0n) is 10.5. The lowest BCUT2D eigenvalue weighted by Crippen LogP contribution is -2.19. The molecule has 0 aliphatic rings. The third-order valence-electron chi connectivity index (χ3n) is 2.62. The molecule has 0 aliphatic carbocycles. The number of hydrogen-bond acceptors (Lipinski definition) is 4. The van der Waals surface area contributed by atoms with E-state index < -0.39 is 0 Å². The van der Waals surface area contributed by atoms with Gasteiger partial charge < -0.3 is 9.84 Å². The first kappa shape index (κ1) is 12.5. The minimum absolute atomic E-state index is 0.610. The fourth-order valence-corrected chi connectivity index (χ4v) is 1.66. The smallest absolute Gasteiger partial charge is 0.223 e. The molecule has 0 atom stereocenters. The van der Waals surface area contributed by atoms with E-state index in [1.54, 1.807) is 6.92 Å². The van der Waals surface area contributed by atoms with Gasteiger partial charge in [-0.3, -0.25) is 0 Å². The van der Waals surface area contributed by atoms with E-state index in [0.29, 0.717) is 5.89 Å². The van der Waals surface area contributed by atoms with Gasteiger partial charge in [0, 0.05) is 26.4 Å². The number of benzene rings is 1. The van der Waals surface area contributed by atoms with Crippen molar-refractivity contribution in [3.63, 3.8) is 0 Å². The minimum atomic E-state index is 0.610. The fraction of sp³-hybridized carbons (Fsp3) is 0.286. The van der Waals surface area contributed by atoms with Gasteiger partial charge in [-0.1, -0.05) is 42.1 Å². The lowest BCUT2D eigenvalue weighted by Gasteiger charge is -2.06. The molecule has 0 aliphatic heterocycles. The molecule has 0 amide bonds. The molecule has 0 radical (unpaired) electrons. The van der Waals surface area contributed by atoms with Crippen molar-refractivity contribution in [3.05, 3.63) is 54.2 Å². The van der Waals surface area contributed by atoms with E-state index in [0.717, 1.165) is 30.9 Å². The summed E-state index contributed by atoms with van der Waals surface area (Å²) < 4.78 is 4.91. The van der Waals surface area contributed by atoms with Crippen LogP contribution in [-0.4, -0.2) is 23.2 Å². The molecule has 1 aromatic carbocycles. The van der Waals surface area contributed by atoms with Gasteiger partial charge in [-0.05, 0) is 11.1 Å². The molecular formula is C14H17N3O. The SMILES string of the molecule is C=C(CNCCc1noc(C)n1)c1ccccc1. The van der Waals surface area contributed by atoms with Gasteiger partial charge in [-0.2, -0.15) is 4.98 Å². The molecule has 4 heteroatoms. The van der Waals surface area contributed by atoms with Crippen LogP contribution in [0.2, 0.25) is 0 Å². The van der Waals surface area contributed by atoms with Crippen LogP contribution in [0.25, 0.3) is 5.57 Å². The Bertz CT molecular complexity index is 505. The van der Waals surface area contributed by atoms with Crippen molar-refractivity contribution in [2.75, 3.05) is 13.1 Å². The fourth-order valence-electron chi connectivity index (χ4n) is 1.66. The largest absolute Gasteiger partial charge is 0.340 e. The number of aryl methyl sites for hydroxylation is 1. The second-order valence-corrected chi connectivity index (χ2v) is 4.13. The van der Waals surface area contributed by atoms with Crippen molar-refractivity contribution in [1.82, 2.24) is 15.5 Å². The summed E-state index contributed by atoms with van der Waals surface area (Å²) in [5.41, 5.74) is 2.25. The molecule has 1 N–H and O–H groups in total. The zero-order valence-corrected chi connectivity index (χ0v) is 10.5. The standard InChI is InChI=1S/C14H17N3O/c1-11(13-6-4-3-5-7-13)10-15-9-8-14-16-12(2)18-17-14/h3-7,15H,1,8-10H2,2H3. The van der Waals surface area contributed by atoms with Gasteiger partial charge in [0.2, 0.25) is 5.89 Å². The number of rotatable bonds is 6. The lowest BCUT2D eigenvalue weighted by molar-refractivity contribution is 0.387. The van der Waals surface area contributed by atoms with E-state index in [-0.39, 0.29) is 0 Å². The summed E-state index contributed by atoms with van der Waals surface area (Å²) in [6.07, 6.45) is 0.763. The van der Waals surface area contributed by atoms with Gasteiger partial charge in [-0.15, -0.1) is 0 Å². The summed E-state index contributed by atoms with van der Waals surface area (Å²) in [5.74, 6) is 1.35. The highest BCUT2D eigenvalue weighted by atomic mass is 16.5. The van der Waals surface area contributed by atoms with Crippen LogP contribution in [0, 0.1) is 6.92 Å². The van der Waals surface area contributed by atoms with Gasteiger partial charge in [0.05, 0.1) is 0 Å². The zero-order chi connectivity index (χ0) is 12.8. The average Bonchev–Trinajstić information content (AvgIpc) is 2.81. The number of aromatic nitrogens is 2. The van der Waals surface area contributed by atoms with Crippen molar-refractivity contribution in [3.8, 4) is 0 Å². The van der Waals surface area contributed by atoms with Crippen molar-refractivity contribution in [2.45, 2.75) is 13.3 Å². The van der Waals surface area contributed by atoms with E-state index in [1.165, 1.54) is 5.56 Å². The molecule has 2 rings (SSSR count). The van der Waals surface area contributed by atoms with Gasteiger partial charge in [0.25, 0.3) is 0 Å². The molecule has 4 nitrogen and oxygen atoms in total. The quantitative estimate of drug-likeness (QED) is 0.790. The third-order valence-corrected chi connectivity index (χ3v) is 2.62. The number of nitrogens with zero attached hydrogens (tertiary/aromatic N) is 2. The maximum absolute atomic E-state index is 4.91. The summed E-state index contributed by atoms with van der Waals surface area (Å²) in [6.45, 7) is 7.43. The highest BCUT2D eigenvalue weighted by Gasteiger charge is 2.02. The van der Waals surface area contributed by atoms with E-state index in [4.69, 9.17) is 4.52 Å². The molecule has 1 aromatic heterocycles. The summed E-state index contributed by atoms with van der Waals surface area (Å²) in [5, 5.41) is 7.16. The monoisotopic (exact) mass is 243 g/mol. The third kappa shape index (κ3) is 3.53. The van der Waals surface area contributed by atoms with Crippen LogP contribution in [0.4, 0.5) is 0 Å². The minimum Gasteiger partial charge on any atom is -0.340 e. The Labute approximate surface area is 107 Å². The van der Waals surface area contributed by atoms with Gasteiger partial charge in [-0.25, -0.2) is 0 Å². The Balaban J connectivity index is 1.71. The average molecular weight is 243 g/mol. The van der Waals surface area contributed by atoms with E-state index in [2.05, 4.69) is 34.2 Å². The van der Waals surface area contributed by atoms with Gasteiger partial charge >= 0.3 is 0 Å². The molecular weight excluding hydrogens is 226 g/mol. The second-order valence-electron chi connectivity index (χ2n) is 4.13. The van der Waals surface area contributed by atoms with E-state index >= 15 is 0 Å². The normalized spacial score (nSPS) is 10.5. The summed E-state index contributed by atoms with van der Waals surface area (Å²) in [4.78, 5) is 4.15. The van der Waals surface area contributed by atoms with Crippen LogP contribution >= 0.6 is 0 Å². The molecule has 0 unspecified atom stereocenters. The van der Waals surface area contributed by atoms with Gasteiger partial charge in [0.15, 0.2) is 5.82 Å². The maximum Gasteiger partial charge on any atom is 0.223 e. The van der Waals surface area contributed by atoms with Crippen LogP contribution in [0.1, 0.15) is 17.3 Å². The molecule has 1 heterocycles. The first-order valence-corrected chi connectivity index (χ1v) is 5.99. The van der Waals surface area contributed by atoms with Crippen molar-refractivity contribution < 1.29 is 4.52 Å². The van der Waals surface area contributed by atoms with Crippen molar-refractivity contribution in [1.29, 1.82) is 0 Å². The maximum atomic E-state index is 4.91. The summed E-state index contributed by atoms with van der Waals surface area (Å²) in [7, 11) is 0. The molecule has 0 saturated carbocycles. The van der Waals surface area contributed by atoms with Crippen LogP contribution < -0.4 is 5.32 Å². The molecule has 0 saturated heterocycles. The van der Waals surface area contributed by atoms with E-state index in [1.807, 2.05) is 18.2 Å². The Morgan fingerprint density at radius 1 is 1.33 bits per heavy atom. The first-order valence-electron chi connectivity index (χ1n) is 5.99. The van der Waals surface area contributed by atoms with Crippen molar-refractivity contribution >= 4 is 5.57 Å². The van der Waals surface area contributed by atoms with Gasteiger partial charge in [0.1, 0.15) is 0 Å². The Kier molecular flexibility index (Phi) is 4.25. The predicted octanol–water partition coefficient (Wildman–Crippen LogP) is 2.22. The Morgan fingerprint density at radius 2 is 2.11 bits per heavy atom. The summed E-state index contributed by atoms with van der Waals surface area (Å²) >= 11 is 0. The Morgan fingerprint density at radius 3 is 2.78 bits per heavy atom. The van der Waals surface area contributed by atoms with Crippen LogP contribution in [0.3, 0.4) is 0 Å². The summed E-state index contributed by atoms with van der Waals surface area (Å²) in [6, 6.07) is 10.2. The number of hydrogen-bond donors (Lipinski definition) is 1. The molecule has 94 valence electrons.